The third-order valence-corrected chi connectivity index (χ3v) is 5.41. The first-order chi connectivity index (χ1) is 12.5. The van der Waals surface area contributed by atoms with Crippen LogP contribution in [0.2, 0.25) is 0 Å². The Morgan fingerprint density at radius 1 is 1.15 bits per heavy atom. The monoisotopic (exact) mass is 366 g/mol. The molecular formula is C19H18N4O2S. The SMILES string of the molecule is COc1ccc(-c2nc(C)c3c(n2)sc2c(=O)n(C(C)C)cnc23)cc1. The maximum absolute atomic E-state index is 12.7. The van der Waals surface area contributed by atoms with Gasteiger partial charge >= 0.3 is 0 Å². The summed E-state index contributed by atoms with van der Waals surface area (Å²) >= 11 is 1.38. The summed E-state index contributed by atoms with van der Waals surface area (Å²) in [5.74, 6) is 1.42. The number of hydrogen-bond acceptors (Lipinski definition) is 6. The Morgan fingerprint density at radius 3 is 2.54 bits per heavy atom. The number of hydrogen-bond donors (Lipinski definition) is 0. The summed E-state index contributed by atoms with van der Waals surface area (Å²) in [5.41, 5.74) is 2.38. The number of ether oxygens (including phenoxy) is 1. The van der Waals surface area contributed by atoms with Crippen molar-refractivity contribution in [2.45, 2.75) is 26.8 Å². The van der Waals surface area contributed by atoms with Crippen LogP contribution in [0.4, 0.5) is 0 Å². The molecule has 7 heteroatoms. The minimum atomic E-state index is -0.0293. The van der Waals surface area contributed by atoms with Gasteiger partial charge in [0.1, 0.15) is 15.3 Å². The van der Waals surface area contributed by atoms with Gasteiger partial charge in [-0.15, -0.1) is 11.3 Å². The van der Waals surface area contributed by atoms with Crippen molar-refractivity contribution in [1.29, 1.82) is 0 Å². The topological polar surface area (TPSA) is 69.9 Å². The highest BCUT2D eigenvalue weighted by Gasteiger charge is 2.17. The highest BCUT2D eigenvalue weighted by molar-refractivity contribution is 7.25. The van der Waals surface area contributed by atoms with E-state index in [2.05, 4.69) is 9.97 Å². The van der Waals surface area contributed by atoms with E-state index in [9.17, 15) is 4.79 Å². The minimum Gasteiger partial charge on any atom is -0.497 e. The standard InChI is InChI=1S/C19H18N4O2S/c1-10(2)23-9-20-15-14-11(3)21-17(12-5-7-13(25-4)8-6-12)22-18(14)26-16(15)19(23)24/h5-10H,1-4H3. The van der Waals surface area contributed by atoms with Gasteiger partial charge in [-0.1, -0.05) is 0 Å². The highest BCUT2D eigenvalue weighted by Crippen LogP contribution is 2.32. The maximum atomic E-state index is 12.7. The van der Waals surface area contributed by atoms with E-state index in [-0.39, 0.29) is 11.6 Å². The van der Waals surface area contributed by atoms with E-state index in [0.717, 1.165) is 27.2 Å². The molecule has 0 amide bonds. The number of methoxy groups -OCH3 is 1. The van der Waals surface area contributed by atoms with Crippen LogP contribution in [-0.2, 0) is 0 Å². The fourth-order valence-electron chi connectivity index (χ4n) is 2.95. The van der Waals surface area contributed by atoms with Gasteiger partial charge in [0.25, 0.3) is 5.56 Å². The van der Waals surface area contributed by atoms with Gasteiger partial charge in [-0.2, -0.15) is 0 Å². The molecule has 0 radical (unpaired) electrons. The summed E-state index contributed by atoms with van der Waals surface area (Å²) in [6.07, 6.45) is 1.61. The molecule has 0 unspecified atom stereocenters. The predicted octanol–water partition coefficient (Wildman–Crippen LogP) is 3.97. The first kappa shape index (κ1) is 16.7. The Bertz CT molecular complexity index is 1180. The minimum absolute atomic E-state index is 0.0293. The average Bonchev–Trinajstić information content (AvgIpc) is 3.02. The summed E-state index contributed by atoms with van der Waals surface area (Å²) in [4.78, 5) is 27.4. The third-order valence-electron chi connectivity index (χ3n) is 4.35. The van der Waals surface area contributed by atoms with Crippen molar-refractivity contribution in [2.24, 2.45) is 0 Å². The molecule has 0 saturated heterocycles. The van der Waals surface area contributed by atoms with E-state index < -0.39 is 0 Å². The lowest BCUT2D eigenvalue weighted by Crippen LogP contribution is -2.21. The number of nitrogens with zero attached hydrogens (tertiary/aromatic N) is 4. The van der Waals surface area contributed by atoms with Crippen molar-refractivity contribution in [1.82, 2.24) is 19.5 Å². The van der Waals surface area contributed by atoms with Gasteiger partial charge in [-0.3, -0.25) is 9.36 Å². The van der Waals surface area contributed by atoms with Gasteiger partial charge in [-0.25, -0.2) is 15.0 Å². The lowest BCUT2D eigenvalue weighted by molar-refractivity contribution is 0.415. The van der Waals surface area contributed by atoms with Crippen molar-refractivity contribution < 1.29 is 4.74 Å². The van der Waals surface area contributed by atoms with E-state index in [1.807, 2.05) is 45.0 Å². The highest BCUT2D eigenvalue weighted by atomic mass is 32.1. The fourth-order valence-corrected chi connectivity index (χ4v) is 4.06. The molecule has 0 bridgehead atoms. The molecule has 0 aliphatic rings. The Hall–Kier alpha value is -2.80. The first-order valence-corrected chi connectivity index (χ1v) is 9.13. The van der Waals surface area contributed by atoms with E-state index in [4.69, 9.17) is 9.72 Å². The quantitative estimate of drug-likeness (QED) is 0.549. The number of fused-ring (bicyclic) bond motifs is 3. The van der Waals surface area contributed by atoms with E-state index in [1.165, 1.54) is 11.3 Å². The van der Waals surface area contributed by atoms with Crippen LogP contribution in [0.15, 0.2) is 35.4 Å². The van der Waals surface area contributed by atoms with Crippen LogP contribution in [0, 0.1) is 6.92 Å². The van der Waals surface area contributed by atoms with Crippen molar-refractivity contribution >= 4 is 31.8 Å². The number of thiophene rings is 1. The summed E-state index contributed by atoms with van der Waals surface area (Å²) in [7, 11) is 1.63. The molecule has 4 rings (SSSR count). The number of benzene rings is 1. The number of aromatic nitrogens is 4. The second kappa shape index (κ2) is 6.17. The molecule has 3 heterocycles. The smallest absolute Gasteiger partial charge is 0.271 e. The van der Waals surface area contributed by atoms with E-state index >= 15 is 0 Å². The predicted molar refractivity (Wildman–Crippen MR) is 104 cm³/mol. The zero-order valence-corrected chi connectivity index (χ0v) is 15.8. The molecule has 0 spiro atoms. The molecule has 0 N–H and O–H groups in total. The molecule has 1 aromatic carbocycles. The average molecular weight is 366 g/mol. The largest absolute Gasteiger partial charge is 0.497 e. The molecule has 0 atom stereocenters. The van der Waals surface area contributed by atoms with Gasteiger partial charge in [0.15, 0.2) is 5.82 Å². The van der Waals surface area contributed by atoms with Crippen LogP contribution in [-0.4, -0.2) is 26.6 Å². The van der Waals surface area contributed by atoms with Gasteiger partial charge in [-0.05, 0) is 45.0 Å². The Labute approximate surface area is 154 Å². The lowest BCUT2D eigenvalue weighted by atomic mass is 10.2. The molecule has 4 aromatic rings. The van der Waals surface area contributed by atoms with Gasteiger partial charge in [0.2, 0.25) is 0 Å². The van der Waals surface area contributed by atoms with Crippen LogP contribution < -0.4 is 10.3 Å². The third kappa shape index (κ3) is 2.55. The van der Waals surface area contributed by atoms with Crippen LogP contribution in [0.1, 0.15) is 25.6 Å². The van der Waals surface area contributed by atoms with E-state index in [1.54, 1.807) is 18.0 Å². The number of rotatable bonds is 3. The normalized spacial score (nSPS) is 11.6. The molecular weight excluding hydrogens is 348 g/mol. The maximum Gasteiger partial charge on any atom is 0.271 e. The van der Waals surface area contributed by atoms with Crippen LogP contribution in [0.25, 0.3) is 31.8 Å². The van der Waals surface area contributed by atoms with Crippen molar-refractivity contribution in [3.63, 3.8) is 0 Å². The number of aryl methyl sites for hydroxylation is 1. The molecule has 3 aromatic heterocycles. The summed E-state index contributed by atoms with van der Waals surface area (Å²) in [6.45, 7) is 5.86. The van der Waals surface area contributed by atoms with Crippen LogP contribution >= 0.6 is 11.3 Å². The van der Waals surface area contributed by atoms with Gasteiger partial charge < -0.3 is 4.74 Å². The summed E-state index contributed by atoms with van der Waals surface area (Å²) < 4.78 is 7.47. The van der Waals surface area contributed by atoms with Crippen LogP contribution in [0.5, 0.6) is 5.75 Å². The van der Waals surface area contributed by atoms with Crippen molar-refractivity contribution in [3.8, 4) is 17.1 Å². The van der Waals surface area contributed by atoms with Gasteiger partial charge in [0.05, 0.1) is 30.0 Å². The van der Waals surface area contributed by atoms with Gasteiger partial charge in [0, 0.05) is 11.6 Å². The Kier molecular flexibility index (Phi) is 3.96. The first-order valence-electron chi connectivity index (χ1n) is 8.32. The van der Waals surface area contributed by atoms with Crippen molar-refractivity contribution in [2.75, 3.05) is 7.11 Å². The molecule has 0 fully saturated rings. The summed E-state index contributed by atoms with van der Waals surface area (Å²) in [5, 5.41) is 0.857. The Morgan fingerprint density at radius 2 is 1.88 bits per heavy atom. The molecule has 0 aliphatic heterocycles. The second-order valence-electron chi connectivity index (χ2n) is 6.37. The molecule has 0 aliphatic carbocycles. The zero-order chi connectivity index (χ0) is 18.4. The van der Waals surface area contributed by atoms with Crippen molar-refractivity contribution in [3.05, 3.63) is 46.6 Å². The lowest BCUT2D eigenvalue weighted by Gasteiger charge is -2.08. The Balaban J connectivity index is 1.95. The second-order valence-corrected chi connectivity index (χ2v) is 7.37. The molecule has 0 saturated carbocycles. The molecule has 132 valence electrons. The molecule has 26 heavy (non-hydrogen) atoms. The molecule has 6 nitrogen and oxygen atoms in total. The van der Waals surface area contributed by atoms with E-state index in [0.29, 0.717) is 16.0 Å². The fraction of sp³-hybridized carbons (Fsp3) is 0.263. The zero-order valence-electron chi connectivity index (χ0n) is 15.0. The summed E-state index contributed by atoms with van der Waals surface area (Å²) in [6, 6.07) is 7.68. The van der Waals surface area contributed by atoms with Crippen LogP contribution in [0.3, 0.4) is 0 Å².